The number of hydrogen-bond acceptors (Lipinski definition) is 5. The molecule has 1 N–H and O–H groups in total. The molecule has 0 unspecified atom stereocenters. The molecule has 3 heterocycles. The quantitative estimate of drug-likeness (QED) is 0.425. The van der Waals surface area contributed by atoms with Crippen LogP contribution in [0.2, 0.25) is 0 Å². The Morgan fingerprint density at radius 2 is 1.84 bits per heavy atom. The molecule has 1 amide bonds. The second-order valence-corrected chi connectivity index (χ2v) is 8.62. The largest absolute Gasteiger partial charge is 0.411 e. The molecule has 1 aromatic heterocycles. The number of likely N-dealkylation sites (tertiary alicyclic amines) is 1. The lowest BCUT2D eigenvalue weighted by atomic mass is 9.89. The van der Waals surface area contributed by atoms with Gasteiger partial charge in [0, 0.05) is 44.2 Å². The highest BCUT2D eigenvalue weighted by Crippen LogP contribution is 2.23. The highest BCUT2D eigenvalue weighted by molar-refractivity contribution is 6.10. The fourth-order valence-electron chi connectivity index (χ4n) is 4.76. The monoisotopic (exact) mass is 440 g/mol. The Morgan fingerprint density at radius 3 is 2.53 bits per heavy atom. The van der Waals surface area contributed by atoms with Gasteiger partial charge in [0.05, 0.1) is 11.3 Å². The number of nitrogens with zero attached hydrogens (tertiary/aromatic N) is 4. The van der Waals surface area contributed by atoms with Gasteiger partial charge in [-0.3, -0.25) is 9.59 Å². The third-order valence-corrected chi connectivity index (χ3v) is 6.59. The molecule has 170 valence electrons. The van der Waals surface area contributed by atoms with Crippen molar-refractivity contribution in [1.29, 1.82) is 0 Å². The van der Waals surface area contributed by atoms with Crippen LogP contribution in [0.25, 0.3) is 0 Å². The topological polar surface area (TPSA) is 78.1 Å². The van der Waals surface area contributed by atoms with E-state index >= 15 is 0 Å². The maximum atomic E-state index is 13.1. The van der Waals surface area contributed by atoms with Gasteiger partial charge < -0.3 is 19.6 Å². The predicted molar refractivity (Wildman–Crippen MR) is 119 cm³/mol. The minimum atomic E-state index is -0.331. The molecular formula is C24H29FN4O3. The van der Waals surface area contributed by atoms with Gasteiger partial charge in [-0.2, -0.15) is 0 Å². The Labute approximate surface area is 187 Å². The van der Waals surface area contributed by atoms with Crippen LogP contribution in [0.15, 0.2) is 41.7 Å². The summed E-state index contributed by atoms with van der Waals surface area (Å²) in [5, 5.41) is 12.8. The van der Waals surface area contributed by atoms with Crippen molar-refractivity contribution < 1.29 is 19.2 Å². The molecule has 0 aliphatic carbocycles. The minimum absolute atomic E-state index is 0.0170. The average Bonchev–Trinajstić information content (AvgIpc) is 3.13. The summed E-state index contributed by atoms with van der Waals surface area (Å²) in [4.78, 5) is 29.8. The SMILES string of the molecule is Cn1ccc2c1/C(=N\O)CCN(CCCN1CCC(C(=O)c3ccc(F)cc3)CC1)C2=O. The van der Waals surface area contributed by atoms with E-state index in [-0.39, 0.29) is 23.4 Å². The number of piperidine rings is 1. The zero-order valence-corrected chi connectivity index (χ0v) is 18.3. The van der Waals surface area contributed by atoms with E-state index in [1.165, 1.54) is 12.1 Å². The number of aromatic nitrogens is 1. The van der Waals surface area contributed by atoms with E-state index in [1.54, 1.807) is 18.2 Å². The Kier molecular flexibility index (Phi) is 6.69. The van der Waals surface area contributed by atoms with Gasteiger partial charge in [-0.1, -0.05) is 5.16 Å². The summed E-state index contributed by atoms with van der Waals surface area (Å²) in [5.41, 5.74) is 2.39. The molecule has 1 fully saturated rings. The number of hydrogen-bond donors (Lipinski definition) is 1. The van der Waals surface area contributed by atoms with Crippen LogP contribution < -0.4 is 0 Å². The van der Waals surface area contributed by atoms with E-state index in [1.807, 2.05) is 22.7 Å². The van der Waals surface area contributed by atoms with Crippen molar-refractivity contribution >= 4 is 17.4 Å². The van der Waals surface area contributed by atoms with Crippen molar-refractivity contribution in [3.63, 3.8) is 0 Å². The first-order valence-corrected chi connectivity index (χ1v) is 11.2. The fourth-order valence-corrected chi connectivity index (χ4v) is 4.76. The second-order valence-electron chi connectivity index (χ2n) is 8.62. The Bertz CT molecular complexity index is 1010. The number of amides is 1. The number of fused-ring (bicyclic) bond motifs is 1. The first kappa shape index (κ1) is 22.2. The molecule has 2 aliphatic rings. The van der Waals surface area contributed by atoms with Gasteiger partial charge in [-0.15, -0.1) is 0 Å². The zero-order valence-electron chi connectivity index (χ0n) is 18.3. The van der Waals surface area contributed by atoms with Crippen LogP contribution in [0.5, 0.6) is 0 Å². The molecule has 32 heavy (non-hydrogen) atoms. The van der Waals surface area contributed by atoms with Crippen molar-refractivity contribution in [2.45, 2.75) is 25.7 Å². The number of benzene rings is 1. The molecular weight excluding hydrogens is 411 g/mol. The van der Waals surface area contributed by atoms with Gasteiger partial charge in [0.1, 0.15) is 11.5 Å². The molecule has 0 radical (unpaired) electrons. The van der Waals surface area contributed by atoms with Crippen LogP contribution in [0, 0.1) is 11.7 Å². The van der Waals surface area contributed by atoms with E-state index in [4.69, 9.17) is 0 Å². The maximum Gasteiger partial charge on any atom is 0.256 e. The third kappa shape index (κ3) is 4.60. The molecule has 0 bridgehead atoms. The van der Waals surface area contributed by atoms with Gasteiger partial charge in [0.15, 0.2) is 5.78 Å². The van der Waals surface area contributed by atoms with Crippen molar-refractivity contribution in [3.8, 4) is 0 Å². The van der Waals surface area contributed by atoms with Crippen LogP contribution in [0.1, 0.15) is 52.1 Å². The van der Waals surface area contributed by atoms with Gasteiger partial charge >= 0.3 is 0 Å². The van der Waals surface area contributed by atoms with Crippen LogP contribution in [0.3, 0.4) is 0 Å². The van der Waals surface area contributed by atoms with Gasteiger partial charge in [-0.05, 0) is 69.2 Å². The average molecular weight is 441 g/mol. The van der Waals surface area contributed by atoms with Crippen molar-refractivity contribution in [3.05, 3.63) is 59.2 Å². The van der Waals surface area contributed by atoms with Gasteiger partial charge in [-0.25, -0.2) is 4.39 Å². The highest BCUT2D eigenvalue weighted by Gasteiger charge is 2.29. The molecule has 8 heteroatoms. The summed E-state index contributed by atoms with van der Waals surface area (Å²) in [6.07, 6.45) is 4.76. The van der Waals surface area contributed by atoms with E-state index in [0.29, 0.717) is 42.0 Å². The number of carbonyl (C=O) groups excluding carboxylic acids is 2. The van der Waals surface area contributed by atoms with Gasteiger partial charge in [0.25, 0.3) is 5.91 Å². The third-order valence-electron chi connectivity index (χ3n) is 6.59. The Balaban J connectivity index is 1.26. The summed E-state index contributed by atoms with van der Waals surface area (Å²) in [7, 11) is 1.84. The van der Waals surface area contributed by atoms with Crippen LogP contribution in [-0.2, 0) is 7.05 Å². The van der Waals surface area contributed by atoms with Crippen molar-refractivity contribution in [2.24, 2.45) is 18.1 Å². The minimum Gasteiger partial charge on any atom is -0.411 e. The normalized spacial score (nSPS) is 19.2. The lowest BCUT2D eigenvalue weighted by Crippen LogP contribution is -2.39. The van der Waals surface area contributed by atoms with Crippen molar-refractivity contribution in [2.75, 3.05) is 32.7 Å². The Morgan fingerprint density at radius 1 is 1.12 bits per heavy atom. The lowest BCUT2D eigenvalue weighted by molar-refractivity contribution is 0.0741. The molecule has 0 atom stereocenters. The predicted octanol–water partition coefficient (Wildman–Crippen LogP) is 3.17. The van der Waals surface area contributed by atoms with Crippen LogP contribution in [-0.4, -0.2) is 69.7 Å². The molecule has 7 nitrogen and oxygen atoms in total. The summed E-state index contributed by atoms with van der Waals surface area (Å²) in [6.45, 7) is 3.72. The Hall–Kier alpha value is -3.00. The maximum absolute atomic E-state index is 13.1. The van der Waals surface area contributed by atoms with Crippen LogP contribution in [0.4, 0.5) is 4.39 Å². The first-order chi connectivity index (χ1) is 15.5. The second kappa shape index (κ2) is 9.65. The van der Waals surface area contributed by atoms with Crippen LogP contribution >= 0.6 is 0 Å². The summed E-state index contributed by atoms with van der Waals surface area (Å²) in [6, 6.07) is 7.57. The zero-order chi connectivity index (χ0) is 22.7. The number of carbonyl (C=O) groups is 2. The standard InChI is InChI=1S/C24H29FN4O3/c1-27-13-9-20-22(27)21(26-32)10-16-29(24(20)31)12-2-11-28-14-7-18(8-15-28)23(30)17-3-5-19(25)6-4-17/h3-6,9,13,18,32H,2,7-8,10-12,14-16H2,1H3/b26-21-. The van der Waals surface area contributed by atoms with E-state index in [0.717, 1.165) is 38.9 Å². The summed E-state index contributed by atoms with van der Waals surface area (Å²) < 4.78 is 14.9. The molecule has 4 rings (SSSR count). The molecule has 2 aromatic rings. The number of aryl methyl sites for hydroxylation is 1. The number of ketones is 1. The first-order valence-electron chi connectivity index (χ1n) is 11.2. The van der Waals surface area contributed by atoms with E-state index in [2.05, 4.69) is 10.1 Å². The molecule has 0 saturated carbocycles. The molecule has 0 spiro atoms. The highest BCUT2D eigenvalue weighted by atomic mass is 19.1. The van der Waals surface area contributed by atoms with Gasteiger partial charge in [0.2, 0.25) is 0 Å². The molecule has 1 aromatic carbocycles. The molecule has 1 saturated heterocycles. The van der Waals surface area contributed by atoms with Crippen molar-refractivity contribution in [1.82, 2.24) is 14.4 Å². The number of rotatable bonds is 6. The number of oxime groups is 1. The fraction of sp³-hybridized carbons (Fsp3) is 0.458. The smallest absolute Gasteiger partial charge is 0.256 e. The molecule has 2 aliphatic heterocycles. The lowest BCUT2D eigenvalue weighted by Gasteiger charge is -2.32. The number of halogens is 1. The van der Waals surface area contributed by atoms with E-state index < -0.39 is 0 Å². The summed E-state index contributed by atoms with van der Waals surface area (Å²) >= 11 is 0. The number of Topliss-reactive ketones (excluding diaryl/α,β-unsaturated/α-hetero) is 1. The summed E-state index contributed by atoms with van der Waals surface area (Å²) in [5.74, 6) is -0.276. The van der Waals surface area contributed by atoms with E-state index in [9.17, 15) is 19.2 Å².